The van der Waals surface area contributed by atoms with E-state index in [4.69, 9.17) is 0 Å². The van der Waals surface area contributed by atoms with E-state index >= 15 is 0 Å². The Balaban J connectivity index is 1.54. The van der Waals surface area contributed by atoms with Crippen LogP contribution in [0.2, 0.25) is 0 Å². The van der Waals surface area contributed by atoms with Crippen LogP contribution < -0.4 is 5.32 Å². The van der Waals surface area contributed by atoms with Gasteiger partial charge in [0.15, 0.2) is 0 Å². The zero-order valence-electron chi connectivity index (χ0n) is 15.6. The number of rotatable bonds is 6. The summed E-state index contributed by atoms with van der Waals surface area (Å²) in [6.45, 7) is 9.36. The maximum Gasteiger partial charge on any atom is 0.223 e. The highest BCUT2D eigenvalue weighted by Gasteiger charge is 2.25. The first-order valence-corrected chi connectivity index (χ1v) is 9.15. The molecule has 1 aromatic carbocycles. The average molecular weight is 339 g/mol. The van der Waals surface area contributed by atoms with Crippen molar-refractivity contribution in [2.24, 2.45) is 0 Å². The monoisotopic (exact) mass is 339 g/mol. The topological polar surface area (TPSA) is 44.3 Å². The van der Waals surface area contributed by atoms with Crippen molar-refractivity contribution >= 4 is 5.95 Å². The standard InChI is InChI=1S/C20H29N5/c1-16-14-17(2)23-20(22-16)21-10-7-11-25-13-12-24(3)15-19(25)18-8-5-4-6-9-18/h4-6,8-9,14,19H,7,10-13,15H2,1-3H3,(H,21,22,23). The summed E-state index contributed by atoms with van der Waals surface area (Å²) in [6.07, 6.45) is 1.09. The van der Waals surface area contributed by atoms with Crippen LogP contribution in [-0.4, -0.2) is 59.5 Å². The minimum Gasteiger partial charge on any atom is -0.354 e. The summed E-state index contributed by atoms with van der Waals surface area (Å²) in [5, 5.41) is 3.37. The molecule has 25 heavy (non-hydrogen) atoms. The summed E-state index contributed by atoms with van der Waals surface area (Å²) in [7, 11) is 2.21. The fourth-order valence-electron chi connectivity index (χ4n) is 3.50. The maximum absolute atomic E-state index is 4.45. The number of piperazine rings is 1. The molecule has 0 aliphatic carbocycles. The van der Waals surface area contributed by atoms with Gasteiger partial charge in [-0.1, -0.05) is 30.3 Å². The highest BCUT2D eigenvalue weighted by molar-refractivity contribution is 5.27. The third kappa shape index (κ3) is 5.00. The molecule has 134 valence electrons. The Labute approximate surface area is 151 Å². The van der Waals surface area contributed by atoms with Crippen molar-refractivity contribution in [3.63, 3.8) is 0 Å². The molecule has 1 unspecified atom stereocenters. The smallest absolute Gasteiger partial charge is 0.223 e. The summed E-state index contributed by atoms with van der Waals surface area (Å²) in [6, 6.07) is 13.4. The lowest BCUT2D eigenvalue weighted by atomic mass is 10.0. The Morgan fingerprint density at radius 3 is 2.52 bits per heavy atom. The molecule has 1 N–H and O–H groups in total. The van der Waals surface area contributed by atoms with Crippen LogP contribution in [0.1, 0.15) is 29.4 Å². The molecule has 0 saturated carbocycles. The maximum atomic E-state index is 4.45. The van der Waals surface area contributed by atoms with E-state index in [1.165, 1.54) is 5.56 Å². The van der Waals surface area contributed by atoms with Gasteiger partial charge in [-0.2, -0.15) is 0 Å². The second kappa shape index (κ2) is 8.41. The Hall–Kier alpha value is -1.98. The van der Waals surface area contributed by atoms with Crippen molar-refractivity contribution in [2.75, 3.05) is 45.1 Å². The van der Waals surface area contributed by atoms with Crippen LogP contribution >= 0.6 is 0 Å². The van der Waals surface area contributed by atoms with Crippen molar-refractivity contribution < 1.29 is 0 Å². The highest BCUT2D eigenvalue weighted by Crippen LogP contribution is 2.24. The number of aromatic nitrogens is 2. The zero-order chi connectivity index (χ0) is 17.6. The van der Waals surface area contributed by atoms with Crippen molar-refractivity contribution in [1.82, 2.24) is 19.8 Å². The highest BCUT2D eigenvalue weighted by atomic mass is 15.3. The molecule has 2 heterocycles. The summed E-state index contributed by atoms with van der Waals surface area (Å²) < 4.78 is 0. The van der Waals surface area contributed by atoms with Gasteiger partial charge >= 0.3 is 0 Å². The molecular weight excluding hydrogens is 310 g/mol. The summed E-state index contributed by atoms with van der Waals surface area (Å²) >= 11 is 0. The molecule has 1 aliphatic rings. The van der Waals surface area contributed by atoms with Crippen LogP contribution in [-0.2, 0) is 0 Å². The SMILES string of the molecule is Cc1cc(C)nc(NCCCN2CCN(C)CC2c2ccccc2)n1. The van der Waals surface area contributed by atoms with Crippen LogP contribution in [0.25, 0.3) is 0 Å². The molecule has 0 amide bonds. The average Bonchev–Trinajstić information content (AvgIpc) is 2.59. The molecule has 0 radical (unpaired) electrons. The van der Waals surface area contributed by atoms with E-state index in [-0.39, 0.29) is 0 Å². The van der Waals surface area contributed by atoms with E-state index in [1.54, 1.807) is 0 Å². The first-order valence-electron chi connectivity index (χ1n) is 9.15. The Bertz CT molecular complexity index is 653. The van der Waals surface area contributed by atoms with Gasteiger partial charge in [0.05, 0.1) is 0 Å². The zero-order valence-corrected chi connectivity index (χ0v) is 15.6. The minimum absolute atomic E-state index is 0.484. The normalized spacial score (nSPS) is 19.1. The van der Waals surface area contributed by atoms with Gasteiger partial charge in [0, 0.05) is 50.2 Å². The number of aryl methyl sites for hydroxylation is 2. The van der Waals surface area contributed by atoms with Gasteiger partial charge in [-0.05, 0) is 38.9 Å². The van der Waals surface area contributed by atoms with Gasteiger partial charge in [-0.3, -0.25) is 4.90 Å². The Kier molecular flexibility index (Phi) is 6.00. The first kappa shape index (κ1) is 17.8. The number of likely N-dealkylation sites (N-methyl/N-ethyl adjacent to an activating group) is 1. The van der Waals surface area contributed by atoms with Crippen molar-refractivity contribution in [3.05, 3.63) is 53.3 Å². The van der Waals surface area contributed by atoms with E-state index in [9.17, 15) is 0 Å². The van der Waals surface area contributed by atoms with Gasteiger partial charge in [-0.25, -0.2) is 9.97 Å². The van der Waals surface area contributed by atoms with Gasteiger partial charge in [0.25, 0.3) is 0 Å². The van der Waals surface area contributed by atoms with Crippen LogP contribution in [0.15, 0.2) is 36.4 Å². The molecule has 3 rings (SSSR count). The van der Waals surface area contributed by atoms with Crippen LogP contribution in [0.3, 0.4) is 0 Å². The van der Waals surface area contributed by atoms with Crippen LogP contribution in [0, 0.1) is 13.8 Å². The third-order valence-electron chi connectivity index (χ3n) is 4.77. The van der Waals surface area contributed by atoms with E-state index in [1.807, 2.05) is 19.9 Å². The van der Waals surface area contributed by atoms with Gasteiger partial charge in [0.1, 0.15) is 0 Å². The number of nitrogens with zero attached hydrogens (tertiary/aromatic N) is 4. The molecule has 5 nitrogen and oxygen atoms in total. The van der Waals surface area contributed by atoms with Gasteiger partial charge in [-0.15, -0.1) is 0 Å². The number of nitrogens with one attached hydrogen (secondary N) is 1. The molecule has 1 aliphatic heterocycles. The summed E-state index contributed by atoms with van der Waals surface area (Å²) in [4.78, 5) is 13.9. The van der Waals surface area contributed by atoms with E-state index in [0.717, 1.165) is 56.5 Å². The molecular formula is C20H29N5. The van der Waals surface area contributed by atoms with E-state index in [2.05, 4.69) is 62.5 Å². The van der Waals surface area contributed by atoms with E-state index < -0.39 is 0 Å². The minimum atomic E-state index is 0.484. The summed E-state index contributed by atoms with van der Waals surface area (Å²) in [5.41, 5.74) is 3.44. The van der Waals surface area contributed by atoms with Crippen molar-refractivity contribution in [2.45, 2.75) is 26.3 Å². The van der Waals surface area contributed by atoms with Crippen molar-refractivity contribution in [3.8, 4) is 0 Å². The van der Waals surface area contributed by atoms with Crippen molar-refractivity contribution in [1.29, 1.82) is 0 Å². The first-order chi connectivity index (χ1) is 12.1. The Morgan fingerprint density at radius 1 is 1.08 bits per heavy atom. The third-order valence-corrected chi connectivity index (χ3v) is 4.77. The number of benzene rings is 1. The molecule has 1 atom stereocenters. The lowest BCUT2D eigenvalue weighted by Crippen LogP contribution is -2.47. The lowest BCUT2D eigenvalue weighted by molar-refractivity contribution is 0.0896. The quantitative estimate of drug-likeness (QED) is 0.820. The molecule has 1 saturated heterocycles. The fraction of sp³-hybridized carbons (Fsp3) is 0.500. The van der Waals surface area contributed by atoms with Crippen LogP contribution in [0.4, 0.5) is 5.95 Å². The number of anilines is 1. The second-order valence-corrected chi connectivity index (χ2v) is 6.98. The molecule has 0 spiro atoms. The van der Waals surface area contributed by atoms with E-state index in [0.29, 0.717) is 6.04 Å². The number of hydrogen-bond donors (Lipinski definition) is 1. The lowest BCUT2D eigenvalue weighted by Gasteiger charge is -2.40. The largest absolute Gasteiger partial charge is 0.354 e. The predicted octanol–water partition coefficient (Wildman–Crippen LogP) is 2.88. The molecule has 0 bridgehead atoms. The van der Waals surface area contributed by atoms with Gasteiger partial charge < -0.3 is 10.2 Å². The predicted molar refractivity (Wildman–Crippen MR) is 103 cm³/mol. The molecule has 5 heteroatoms. The van der Waals surface area contributed by atoms with Crippen LogP contribution in [0.5, 0.6) is 0 Å². The fourth-order valence-corrected chi connectivity index (χ4v) is 3.50. The molecule has 1 aromatic heterocycles. The Morgan fingerprint density at radius 2 is 1.80 bits per heavy atom. The second-order valence-electron chi connectivity index (χ2n) is 6.98. The molecule has 1 fully saturated rings. The van der Waals surface area contributed by atoms with Gasteiger partial charge in [0.2, 0.25) is 5.95 Å². The number of hydrogen-bond acceptors (Lipinski definition) is 5. The summed E-state index contributed by atoms with van der Waals surface area (Å²) in [5.74, 6) is 0.746. The molecule has 2 aromatic rings.